The third-order valence-corrected chi connectivity index (χ3v) is 3.17. The number of anilines is 1. The zero-order valence-electron chi connectivity index (χ0n) is 12.4. The van der Waals surface area contributed by atoms with Crippen LogP contribution in [0.2, 0.25) is 0 Å². The predicted molar refractivity (Wildman–Crippen MR) is 78.0 cm³/mol. The van der Waals surface area contributed by atoms with Crippen molar-refractivity contribution in [2.24, 2.45) is 5.73 Å². The van der Waals surface area contributed by atoms with Crippen molar-refractivity contribution in [3.8, 4) is 5.75 Å². The van der Waals surface area contributed by atoms with Crippen LogP contribution in [0, 0.1) is 0 Å². The van der Waals surface area contributed by atoms with Crippen LogP contribution in [0.3, 0.4) is 0 Å². The molecule has 1 fully saturated rings. The lowest BCUT2D eigenvalue weighted by Gasteiger charge is -2.20. The zero-order chi connectivity index (χ0) is 15.0. The highest BCUT2D eigenvalue weighted by atomic mass is 16.6. The van der Waals surface area contributed by atoms with Crippen LogP contribution < -0.4 is 15.8 Å². The maximum absolute atomic E-state index is 11.8. The fourth-order valence-corrected chi connectivity index (χ4v) is 2.00. The number of nitrogens with two attached hydrogens (primary N) is 1. The number of rotatable bonds is 3. The second kappa shape index (κ2) is 4.98. The SMILES string of the molecule is COc1ccc(NC(=O)OC(C)(C)C)cc1C1(N)CC1. The highest BCUT2D eigenvalue weighted by Crippen LogP contribution is 2.47. The summed E-state index contributed by atoms with van der Waals surface area (Å²) < 4.78 is 10.6. The lowest BCUT2D eigenvalue weighted by molar-refractivity contribution is 0.0636. The molecule has 0 bridgehead atoms. The Kier molecular flexibility index (Phi) is 3.65. The Morgan fingerprint density at radius 2 is 2.00 bits per heavy atom. The number of ether oxygens (including phenoxy) is 2. The van der Waals surface area contributed by atoms with Crippen LogP contribution in [0.1, 0.15) is 39.2 Å². The largest absolute Gasteiger partial charge is 0.496 e. The number of amides is 1. The van der Waals surface area contributed by atoms with E-state index in [4.69, 9.17) is 15.2 Å². The van der Waals surface area contributed by atoms with Crippen molar-refractivity contribution >= 4 is 11.8 Å². The molecule has 0 radical (unpaired) electrons. The number of hydrogen-bond acceptors (Lipinski definition) is 4. The molecule has 20 heavy (non-hydrogen) atoms. The van der Waals surface area contributed by atoms with E-state index in [1.54, 1.807) is 13.2 Å². The van der Waals surface area contributed by atoms with Crippen LogP contribution in [-0.2, 0) is 10.3 Å². The maximum Gasteiger partial charge on any atom is 0.412 e. The van der Waals surface area contributed by atoms with E-state index in [9.17, 15) is 4.79 Å². The van der Waals surface area contributed by atoms with Gasteiger partial charge in [-0.05, 0) is 51.8 Å². The Bertz CT molecular complexity index is 516. The van der Waals surface area contributed by atoms with Gasteiger partial charge in [0.25, 0.3) is 0 Å². The molecular weight excluding hydrogens is 256 g/mol. The summed E-state index contributed by atoms with van der Waals surface area (Å²) in [5, 5.41) is 2.72. The van der Waals surface area contributed by atoms with Gasteiger partial charge in [-0.15, -0.1) is 0 Å². The Balaban J connectivity index is 2.16. The molecule has 2 rings (SSSR count). The van der Waals surface area contributed by atoms with Crippen LogP contribution >= 0.6 is 0 Å². The second-order valence-corrected chi connectivity index (χ2v) is 6.20. The molecule has 0 heterocycles. The first-order valence-electron chi connectivity index (χ1n) is 6.71. The van der Waals surface area contributed by atoms with Gasteiger partial charge in [0, 0.05) is 16.8 Å². The van der Waals surface area contributed by atoms with E-state index in [-0.39, 0.29) is 5.54 Å². The fourth-order valence-electron chi connectivity index (χ4n) is 2.00. The van der Waals surface area contributed by atoms with Crippen LogP contribution in [-0.4, -0.2) is 18.8 Å². The molecule has 3 N–H and O–H groups in total. The van der Waals surface area contributed by atoms with E-state index in [2.05, 4.69) is 5.32 Å². The molecule has 1 aromatic rings. The van der Waals surface area contributed by atoms with Crippen LogP contribution in [0.5, 0.6) is 5.75 Å². The minimum atomic E-state index is -0.523. The summed E-state index contributed by atoms with van der Waals surface area (Å²) in [6.45, 7) is 5.47. The first kappa shape index (κ1) is 14.7. The first-order valence-corrected chi connectivity index (χ1v) is 6.71. The molecule has 1 aliphatic carbocycles. The molecule has 0 aliphatic heterocycles. The topological polar surface area (TPSA) is 73.6 Å². The molecule has 0 atom stereocenters. The molecule has 1 aliphatic rings. The van der Waals surface area contributed by atoms with E-state index >= 15 is 0 Å². The summed E-state index contributed by atoms with van der Waals surface area (Å²) >= 11 is 0. The van der Waals surface area contributed by atoms with Gasteiger partial charge < -0.3 is 15.2 Å². The normalized spacial score (nSPS) is 16.4. The Hall–Kier alpha value is -1.75. The summed E-state index contributed by atoms with van der Waals surface area (Å²) in [7, 11) is 1.62. The summed E-state index contributed by atoms with van der Waals surface area (Å²) in [5.41, 5.74) is 6.96. The Morgan fingerprint density at radius 3 is 2.50 bits per heavy atom. The standard InChI is InChI=1S/C15H22N2O3/c1-14(2,3)20-13(18)17-10-5-6-12(19-4)11(9-10)15(16)7-8-15/h5-6,9H,7-8,16H2,1-4H3,(H,17,18). The summed E-state index contributed by atoms with van der Waals surface area (Å²) in [5.74, 6) is 0.750. The second-order valence-electron chi connectivity index (χ2n) is 6.20. The number of nitrogens with one attached hydrogen (secondary N) is 1. The maximum atomic E-state index is 11.8. The lowest BCUT2D eigenvalue weighted by atomic mass is 10.0. The highest BCUT2D eigenvalue weighted by Gasteiger charge is 2.42. The van der Waals surface area contributed by atoms with Gasteiger partial charge in [0.1, 0.15) is 11.4 Å². The molecule has 0 aromatic heterocycles. The molecule has 1 amide bonds. The number of methoxy groups -OCH3 is 1. The predicted octanol–water partition coefficient (Wildman–Crippen LogP) is 2.99. The van der Waals surface area contributed by atoms with Crippen LogP contribution in [0.25, 0.3) is 0 Å². The third-order valence-electron chi connectivity index (χ3n) is 3.17. The van der Waals surface area contributed by atoms with Gasteiger partial charge in [0.2, 0.25) is 0 Å². The van der Waals surface area contributed by atoms with E-state index in [1.165, 1.54) is 0 Å². The summed E-state index contributed by atoms with van der Waals surface area (Å²) in [6, 6.07) is 5.45. The molecule has 1 saturated carbocycles. The van der Waals surface area contributed by atoms with Crippen molar-refractivity contribution in [3.05, 3.63) is 23.8 Å². The van der Waals surface area contributed by atoms with Crippen molar-refractivity contribution in [1.82, 2.24) is 0 Å². The van der Waals surface area contributed by atoms with Crippen molar-refractivity contribution in [2.75, 3.05) is 12.4 Å². The van der Waals surface area contributed by atoms with Gasteiger partial charge in [0.05, 0.1) is 7.11 Å². The number of carbonyl (C=O) groups excluding carboxylic acids is 1. The molecule has 0 saturated heterocycles. The molecule has 5 nitrogen and oxygen atoms in total. The fraction of sp³-hybridized carbons (Fsp3) is 0.533. The molecule has 5 heteroatoms. The molecular formula is C15H22N2O3. The van der Waals surface area contributed by atoms with Gasteiger partial charge in [0.15, 0.2) is 0 Å². The van der Waals surface area contributed by atoms with Crippen LogP contribution in [0.15, 0.2) is 18.2 Å². The number of hydrogen-bond donors (Lipinski definition) is 2. The first-order chi connectivity index (χ1) is 9.23. The summed E-state index contributed by atoms with van der Waals surface area (Å²) in [4.78, 5) is 11.8. The van der Waals surface area contributed by atoms with E-state index in [0.717, 1.165) is 24.2 Å². The van der Waals surface area contributed by atoms with Crippen molar-refractivity contribution in [2.45, 2.75) is 44.8 Å². The van der Waals surface area contributed by atoms with E-state index in [0.29, 0.717) is 5.69 Å². The number of benzene rings is 1. The Labute approximate surface area is 119 Å². The molecule has 0 unspecified atom stereocenters. The van der Waals surface area contributed by atoms with Gasteiger partial charge in [-0.1, -0.05) is 0 Å². The average Bonchev–Trinajstić information content (AvgIpc) is 3.06. The summed E-state index contributed by atoms with van der Waals surface area (Å²) in [6.07, 6.45) is 1.38. The number of carbonyl (C=O) groups is 1. The zero-order valence-corrected chi connectivity index (χ0v) is 12.4. The monoisotopic (exact) mass is 278 g/mol. The van der Waals surface area contributed by atoms with E-state index < -0.39 is 11.7 Å². The Morgan fingerprint density at radius 1 is 1.35 bits per heavy atom. The minimum Gasteiger partial charge on any atom is -0.496 e. The van der Waals surface area contributed by atoms with Crippen molar-refractivity contribution < 1.29 is 14.3 Å². The molecule has 110 valence electrons. The van der Waals surface area contributed by atoms with Gasteiger partial charge in [-0.25, -0.2) is 4.79 Å². The smallest absolute Gasteiger partial charge is 0.412 e. The van der Waals surface area contributed by atoms with Gasteiger partial charge in [-0.3, -0.25) is 5.32 Å². The quantitative estimate of drug-likeness (QED) is 0.891. The molecule has 0 spiro atoms. The van der Waals surface area contributed by atoms with Crippen molar-refractivity contribution in [3.63, 3.8) is 0 Å². The van der Waals surface area contributed by atoms with Crippen molar-refractivity contribution in [1.29, 1.82) is 0 Å². The molecule has 1 aromatic carbocycles. The third kappa shape index (κ3) is 3.42. The lowest BCUT2D eigenvalue weighted by Crippen LogP contribution is -2.27. The van der Waals surface area contributed by atoms with E-state index in [1.807, 2.05) is 32.9 Å². The van der Waals surface area contributed by atoms with Gasteiger partial charge in [-0.2, -0.15) is 0 Å². The minimum absolute atomic E-state index is 0.322. The van der Waals surface area contributed by atoms with Gasteiger partial charge >= 0.3 is 6.09 Å². The van der Waals surface area contributed by atoms with Crippen LogP contribution in [0.4, 0.5) is 10.5 Å². The highest BCUT2D eigenvalue weighted by molar-refractivity contribution is 5.85. The average molecular weight is 278 g/mol.